The first-order valence-electron chi connectivity index (χ1n) is 7.14. The van der Waals surface area contributed by atoms with Gasteiger partial charge in [0.15, 0.2) is 0 Å². The van der Waals surface area contributed by atoms with Gasteiger partial charge in [0.25, 0.3) is 0 Å². The van der Waals surface area contributed by atoms with E-state index in [1.165, 1.54) is 18.4 Å². The van der Waals surface area contributed by atoms with E-state index in [0.717, 1.165) is 36.2 Å². The van der Waals surface area contributed by atoms with Crippen molar-refractivity contribution in [2.45, 2.75) is 38.9 Å². The Kier molecular flexibility index (Phi) is 3.74. The molecule has 4 nitrogen and oxygen atoms in total. The molecule has 0 amide bonds. The van der Waals surface area contributed by atoms with Crippen LogP contribution >= 0.6 is 0 Å². The number of nitrogens with one attached hydrogen (secondary N) is 1. The van der Waals surface area contributed by atoms with Gasteiger partial charge in [0.2, 0.25) is 0 Å². The second-order valence-corrected chi connectivity index (χ2v) is 5.56. The maximum absolute atomic E-state index is 5.10. The predicted molar refractivity (Wildman–Crippen MR) is 79.7 cm³/mol. The zero-order chi connectivity index (χ0) is 13.9. The van der Waals surface area contributed by atoms with E-state index in [1.54, 1.807) is 12.5 Å². The normalized spacial score (nSPS) is 14.5. The van der Waals surface area contributed by atoms with Gasteiger partial charge in [-0.25, -0.2) is 4.98 Å². The van der Waals surface area contributed by atoms with Crippen molar-refractivity contribution in [1.29, 1.82) is 0 Å². The molecule has 0 atom stereocenters. The molecule has 0 aromatic carbocycles. The Balaban J connectivity index is 1.65. The highest BCUT2D eigenvalue weighted by atomic mass is 16.3. The molecule has 1 aliphatic rings. The largest absolute Gasteiger partial charge is 0.472 e. The number of anilines is 1. The Labute approximate surface area is 119 Å². The minimum Gasteiger partial charge on any atom is -0.472 e. The Morgan fingerprint density at radius 2 is 2.20 bits per heavy atom. The summed E-state index contributed by atoms with van der Waals surface area (Å²) in [6.45, 7) is 3.82. The summed E-state index contributed by atoms with van der Waals surface area (Å²) < 4.78 is 5.10. The average molecular weight is 271 g/mol. The van der Waals surface area contributed by atoms with Gasteiger partial charge in [-0.2, -0.15) is 0 Å². The molecule has 0 unspecified atom stereocenters. The quantitative estimate of drug-likeness (QED) is 0.877. The lowest BCUT2D eigenvalue weighted by Gasteiger charge is -2.18. The van der Waals surface area contributed by atoms with Crippen LogP contribution in [0, 0.1) is 6.92 Å². The van der Waals surface area contributed by atoms with E-state index >= 15 is 0 Å². The van der Waals surface area contributed by atoms with Crippen LogP contribution in [0.5, 0.6) is 0 Å². The lowest BCUT2D eigenvalue weighted by Crippen LogP contribution is -2.19. The third-order valence-electron chi connectivity index (χ3n) is 3.73. The average Bonchev–Trinajstić information content (AvgIpc) is 3.13. The molecule has 1 aliphatic carbocycles. The van der Waals surface area contributed by atoms with Crippen LogP contribution in [0.4, 0.5) is 5.82 Å². The van der Waals surface area contributed by atoms with Gasteiger partial charge in [0.05, 0.1) is 12.5 Å². The molecule has 2 heterocycles. The van der Waals surface area contributed by atoms with Crippen LogP contribution in [-0.2, 0) is 13.1 Å². The smallest absolute Gasteiger partial charge is 0.128 e. The summed E-state index contributed by atoms with van der Waals surface area (Å²) in [5, 5.41) is 3.53. The highest BCUT2D eigenvalue weighted by Gasteiger charge is 2.20. The Morgan fingerprint density at radius 3 is 2.85 bits per heavy atom. The molecule has 3 rings (SSSR count). The molecule has 0 aliphatic heterocycles. The molecule has 1 N–H and O–H groups in total. The summed E-state index contributed by atoms with van der Waals surface area (Å²) in [5.74, 6) is 0.999. The zero-order valence-electron chi connectivity index (χ0n) is 12.1. The van der Waals surface area contributed by atoms with Crippen molar-refractivity contribution in [3.8, 4) is 0 Å². The summed E-state index contributed by atoms with van der Waals surface area (Å²) in [7, 11) is 2.05. The van der Waals surface area contributed by atoms with Crippen molar-refractivity contribution in [3.63, 3.8) is 0 Å². The minimum absolute atomic E-state index is 0.734. The van der Waals surface area contributed by atoms with E-state index in [0.29, 0.717) is 0 Å². The van der Waals surface area contributed by atoms with E-state index < -0.39 is 0 Å². The molecule has 20 heavy (non-hydrogen) atoms. The minimum atomic E-state index is 0.734. The van der Waals surface area contributed by atoms with Crippen LogP contribution < -0.4 is 10.2 Å². The number of nitrogens with zero attached hydrogens (tertiary/aromatic N) is 2. The van der Waals surface area contributed by atoms with E-state index in [9.17, 15) is 0 Å². The van der Waals surface area contributed by atoms with Gasteiger partial charge in [0, 0.05) is 37.4 Å². The maximum atomic E-state index is 5.10. The first-order chi connectivity index (χ1) is 9.72. The van der Waals surface area contributed by atoms with E-state index in [1.807, 2.05) is 6.07 Å². The lowest BCUT2D eigenvalue weighted by atomic mass is 10.2. The summed E-state index contributed by atoms with van der Waals surface area (Å²) >= 11 is 0. The van der Waals surface area contributed by atoms with Crippen molar-refractivity contribution >= 4 is 5.82 Å². The van der Waals surface area contributed by atoms with Gasteiger partial charge >= 0.3 is 0 Å². The van der Waals surface area contributed by atoms with Crippen molar-refractivity contribution in [2.75, 3.05) is 11.9 Å². The van der Waals surface area contributed by atoms with Crippen LogP contribution in [0.1, 0.15) is 29.7 Å². The number of aromatic nitrogens is 1. The Morgan fingerprint density at radius 1 is 1.35 bits per heavy atom. The number of hydrogen-bond acceptors (Lipinski definition) is 4. The van der Waals surface area contributed by atoms with Crippen LogP contribution in [0.2, 0.25) is 0 Å². The van der Waals surface area contributed by atoms with Crippen molar-refractivity contribution in [2.24, 2.45) is 0 Å². The molecule has 2 aromatic rings. The van der Waals surface area contributed by atoms with Gasteiger partial charge < -0.3 is 14.6 Å². The molecule has 2 aromatic heterocycles. The SMILES string of the molecule is Cc1nc(N(C)Cc2ccoc2)ccc1CNC1CC1. The fourth-order valence-corrected chi connectivity index (χ4v) is 2.26. The van der Waals surface area contributed by atoms with Crippen LogP contribution in [0.3, 0.4) is 0 Å². The molecule has 4 heteroatoms. The molecule has 1 saturated carbocycles. The van der Waals surface area contributed by atoms with Crippen molar-refractivity contribution < 1.29 is 4.42 Å². The van der Waals surface area contributed by atoms with Gasteiger partial charge in [0.1, 0.15) is 5.82 Å². The number of rotatable bonds is 6. The summed E-state index contributed by atoms with van der Waals surface area (Å²) in [4.78, 5) is 6.84. The molecule has 106 valence electrons. The second kappa shape index (κ2) is 5.67. The predicted octanol–water partition coefficient (Wildman–Crippen LogP) is 2.87. The molecule has 0 saturated heterocycles. The summed E-state index contributed by atoms with van der Waals surface area (Å²) in [6, 6.07) is 6.99. The number of hydrogen-bond donors (Lipinski definition) is 1. The van der Waals surface area contributed by atoms with E-state index in [2.05, 4.69) is 36.3 Å². The van der Waals surface area contributed by atoms with Gasteiger partial charge in [-0.3, -0.25) is 0 Å². The van der Waals surface area contributed by atoms with Gasteiger partial charge in [-0.15, -0.1) is 0 Å². The molecular formula is C16H21N3O. The topological polar surface area (TPSA) is 41.3 Å². The third-order valence-corrected chi connectivity index (χ3v) is 3.73. The van der Waals surface area contributed by atoms with Crippen molar-refractivity contribution in [3.05, 3.63) is 47.5 Å². The first kappa shape index (κ1) is 13.2. The Hall–Kier alpha value is -1.81. The molecular weight excluding hydrogens is 250 g/mol. The monoisotopic (exact) mass is 271 g/mol. The van der Waals surface area contributed by atoms with Gasteiger partial charge in [-0.1, -0.05) is 6.07 Å². The third kappa shape index (κ3) is 3.20. The number of aryl methyl sites for hydroxylation is 1. The summed E-state index contributed by atoms with van der Waals surface area (Å²) in [6.07, 6.45) is 6.11. The second-order valence-electron chi connectivity index (χ2n) is 5.56. The Bertz CT molecular complexity index is 561. The molecule has 0 radical (unpaired) electrons. The summed E-state index contributed by atoms with van der Waals surface area (Å²) in [5.41, 5.74) is 3.55. The molecule has 1 fully saturated rings. The van der Waals surface area contributed by atoms with Crippen LogP contribution in [0.15, 0.2) is 35.1 Å². The molecule has 0 bridgehead atoms. The lowest BCUT2D eigenvalue weighted by molar-refractivity contribution is 0.563. The maximum Gasteiger partial charge on any atom is 0.128 e. The fourth-order valence-electron chi connectivity index (χ4n) is 2.26. The van der Waals surface area contributed by atoms with E-state index in [-0.39, 0.29) is 0 Å². The van der Waals surface area contributed by atoms with Crippen LogP contribution in [-0.4, -0.2) is 18.1 Å². The fraction of sp³-hybridized carbons (Fsp3) is 0.438. The van der Waals surface area contributed by atoms with Crippen molar-refractivity contribution in [1.82, 2.24) is 10.3 Å². The highest BCUT2D eigenvalue weighted by molar-refractivity contribution is 5.41. The standard InChI is InChI=1S/C16H21N3O/c1-12-14(9-17-15-4-5-15)3-6-16(18-12)19(2)10-13-7-8-20-11-13/h3,6-8,11,15,17H,4-5,9-10H2,1-2H3. The zero-order valence-corrected chi connectivity index (χ0v) is 12.1. The van der Waals surface area contributed by atoms with E-state index in [4.69, 9.17) is 9.40 Å². The van der Waals surface area contributed by atoms with Gasteiger partial charge in [-0.05, 0) is 37.5 Å². The van der Waals surface area contributed by atoms with Crippen LogP contribution in [0.25, 0.3) is 0 Å². The highest BCUT2D eigenvalue weighted by Crippen LogP contribution is 2.21. The number of furan rings is 1. The first-order valence-corrected chi connectivity index (χ1v) is 7.14. The number of pyridine rings is 1. The molecule has 0 spiro atoms.